The molecule has 0 saturated carbocycles. The largest absolute Gasteiger partial charge is 0.507 e. The molecule has 0 bridgehead atoms. The highest BCUT2D eigenvalue weighted by Crippen LogP contribution is 2.20. The summed E-state index contributed by atoms with van der Waals surface area (Å²) in [5, 5.41) is 18.5. The normalized spacial score (nSPS) is 10.4. The van der Waals surface area contributed by atoms with Gasteiger partial charge in [0.15, 0.2) is 0 Å². The predicted octanol–water partition coefficient (Wildman–Crippen LogP) is 1.77. The fourth-order valence-corrected chi connectivity index (χ4v) is 1.63. The summed E-state index contributed by atoms with van der Waals surface area (Å²) in [6.45, 7) is 2.48. The lowest BCUT2D eigenvalue weighted by molar-refractivity contribution is 0.0716. The van der Waals surface area contributed by atoms with Crippen molar-refractivity contribution in [1.82, 2.24) is 4.90 Å². The van der Waals surface area contributed by atoms with Crippen LogP contribution in [0.2, 0.25) is 0 Å². The topological polar surface area (TPSA) is 60.8 Å². The van der Waals surface area contributed by atoms with Gasteiger partial charge in [0.05, 0.1) is 12.2 Å². The van der Waals surface area contributed by atoms with Crippen molar-refractivity contribution in [3.8, 4) is 5.75 Å². The molecule has 2 N–H and O–H groups in total. The van der Waals surface area contributed by atoms with Crippen molar-refractivity contribution < 1.29 is 19.4 Å². The Labute approximate surface area is 106 Å². The van der Waals surface area contributed by atoms with Crippen LogP contribution >= 0.6 is 0 Å². The summed E-state index contributed by atoms with van der Waals surface area (Å²) in [6.07, 6.45) is 1.70. The number of phenols is 1. The van der Waals surface area contributed by atoms with Gasteiger partial charge in [-0.1, -0.05) is 13.3 Å². The van der Waals surface area contributed by atoms with Crippen molar-refractivity contribution >= 4 is 5.91 Å². The molecule has 0 radical (unpaired) electrons. The van der Waals surface area contributed by atoms with Crippen LogP contribution in [0.25, 0.3) is 0 Å². The van der Waals surface area contributed by atoms with E-state index >= 15 is 0 Å². The highest BCUT2D eigenvalue weighted by molar-refractivity contribution is 5.96. The number of phenolic OH excluding ortho intramolecular Hbond substituents is 1. The van der Waals surface area contributed by atoms with E-state index in [1.807, 2.05) is 6.92 Å². The molecule has 0 saturated heterocycles. The summed E-state index contributed by atoms with van der Waals surface area (Å²) in [5.41, 5.74) is -0.0699. The molecular weight excluding hydrogens is 237 g/mol. The number of benzene rings is 1. The number of aliphatic hydroxyl groups is 1. The number of hydrogen-bond acceptors (Lipinski definition) is 3. The van der Waals surface area contributed by atoms with Crippen molar-refractivity contribution in [3.63, 3.8) is 0 Å². The molecule has 1 rings (SSSR count). The van der Waals surface area contributed by atoms with Gasteiger partial charge in [0, 0.05) is 13.1 Å². The van der Waals surface area contributed by atoms with E-state index < -0.39 is 11.7 Å². The van der Waals surface area contributed by atoms with E-state index in [1.165, 1.54) is 4.90 Å². The number of amides is 1. The first-order valence-corrected chi connectivity index (χ1v) is 5.98. The first-order chi connectivity index (χ1) is 8.60. The minimum atomic E-state index is -0.574. The number of halogens is 1. The Balaban J connectivity index is 2.90. The molecule has 1 aromatic carbocycles. The molecule has 4 nitrogen and oxygen atoms in total. The maximum absolute atomic E-state index is 13.1. The zero-order chi connectivity index (χ0) is 13.5. The van der Waals surface area contributed by atoms with Crippen molar-refractivity contribution in [2.45, 2.75) is 19.8 Å². The molecule has 0 atom stereocenters. The minimum absolute atomic E-state index is 0.0699. The molecule has 1 aromatic rings. The SMILES string of the molecule is CCCCN(CCO)C(=O)c1cc(F)ccc1O. The Morgan fingerprint density at radius 3 is 2.72 bits per heavy atom. The van der Waals surface area contributed by atoms with Crippen LogP contribution < -0.4 is 0 Å². The Hall–Kier alpha value is -1.62. The van der Waals surface area contributed by atoms with Gasteiger partial charge in [0.25, 0.3) is 5.91 Å². The lowest BCUT2D eigenvalue weighted by Gasteiger charge is -2.22. The third kappa shape index (κ3) is 3.70. The van der Waals surface area contributed by atoms with Gasteiger partial charge in [0.2, 0.25) is 0 Å². The van der Waals surface area contributed by atoms with Crippen LogP contribution in [-0.4, -0.2) is 40.7 Å². The van der Waals surface area contributed by atoms with E-state index in [0.717, 1.165) is 31.0 Å². The number of carbonyl (C=O) groups excluding carboxylic acids is 1. The molecule has 100 valence electrons. The Kier molecular flexibility index (Phi) is 5.58. The zero-order valence-corrected chi connectivity index (χ0v) is 10.4. The number of aliphatic hydroxyl groups excluding tert-OH is 1. The number of nitrogens with zero attached hydrogens (tertiary/aromatic N) is 1. The number of hydrogen-bond donors (Lipinski definition) is 2. The molecular formula is C13H18FNO3. The summed E-state index contributed by atoms with van der Waals surface area (Å²) < 4.78 is 13.1. The van der Waals surface area contributed by atoms with Gasteiger partial charge < -0.3 is 15.1 Å². The van der Waals surface area contributed by atoms with Crippen LogP contribution in [0.1, 0.15) is 30.1 Å². The fraction of sp³-hybridized carbons (Fsp3) is 0.462. The predicted molar refractivity (Wildman–Crippen MR) is 66.0 cm³/mol. The average molecular weight is 255 g/mol. The third-order valence-electron chi connectivity index (χ3n) is 2.63. The van der Waals surface area contributed by atoms with Gasteiger partial charge >= 0.3 is 0 Å². The van der Waals surface area contributed by atoms with Gasteiger partial charge in [0.1, 0.15) is 11.6 Å². The summed E-state index contributed by atoms with van der Waals surface area (Å²) >= 11 is 0. The first-order valence-electron chi connectivity index (χ1n) is 5.98. The highest BCUT2D eigenvalue weighted by atomic mass is 19.1. The van der Waals surface area contributed by atoms with Crippen molar-refractivity contribution in [1.29, 1.82) is 0 Å². The van der Waals surface area contributed by atoms with Gasteiger partial charge in [-0.2, -0.15) is 0 Å². The molecule has 0 heterocycles. The molecule has 0 aliphatic rings. The Bertz CT molecular complexity index is 409. The maximum Gasteiger partial charge on any atom is 0.257 e. The smallest absolute Gasteiger partial charge is 0.257 e. The van der Waals surface area contributed by atoms with Crippen LogP contribution in [0, 0.1) is 5.82 Å². The van der Waals surface area contributed by atoms with Crippen molar-refractivity contribution in [2.75, 3.05) is 19.7 Å². The van der Waals surface area contributed by atoms with Crippen LogP contribution in [0.4, 0.5) is 4.39 Å². The van der Waals surface area contributed by atoms with Gasteiger partial charge in [-0.3, -0.25) is 4.79 Å². The van der Waals surface area contributed by atoms with Gasteiger partial charge in [-0.05, 0) is 24.6 Å². The second-order valence-electron chi connectivity index (χ2n) is 4.03. The molecule has 1 amide bonds. The fourth-order valence-electron chi connectivity index (χ4n) is 1.63. The number of aromatic hydroxyl groups is 1. The van der Waals surface area contributed by atoms with Crippen molar-refractivity contribution in [3.05, 3.63) is 29.6 Å². The lowest BCUT2D eigenvalue weighted by Crippen LogP contribution is -2.34. The second kappa shape index (κ2) is 6.96. The molecule has 5 heteroatoms. The molecule has 0 aromatic heterocycles. The molecule has 18 heavy (non-hydrogen) atoms. The van der Waals surface area contributed by atoms with E-state index in [9.17, 15) is 14.3 Å². The molecule has 0 fully saturated rings. The minimum Gasteiger partial charge on any atom is -0.507 e. The highest BCUT2D eigenvalue weighted by Gasteiger charge is 2.18. The van der Waals surface area contributed by atoms with Gasteiger partial charge in [-0.15, -0.1) is 0 Å². The molecule has 0 spiro atoms. The summed E-state index contributed by atoms with van der Waals surface area (Å²) in [6, 6.07) is 3.25. The maximum atomic E-state index is 13.1. The second-order valence-corrected chi connectivity index (χ2v) is 4.03. The average Bonchev–Trinajstić information content (AvgIpc) is 2.36. The zero-order valence-electron chi connectivity index (χ0n) is 10.4. The Morgan fingerprint density at radius 2 is 2.11 bits per heavy atom. The van der Waals surface area contributed by atoms with Crippen LogP contribution in [-0.2, 0) is 0 Å². The summed E-state index contributed by atoms with van der Waals surface area (Å²) in [4.78, 5) is 13.5. The summed E-state index contributed by atoms with van der Waals surface area (Å²) in [7, 11) is 0. The monoisotopic (exact) mass is 255 g/mol. The van der Waals surface area contributed by atoms with Crippen LogP contribution in [0.3, 0.4) is 0 Å². The third-order valence-corrected chi connectivity index (χ3v) is 2.63. The van der Waals surface area contributed by atoms with E-state index in [2.05, 4.69) is 0 Å². The summed E-state index contributed by atoms with van der Waals surface area (Å²) in [5.74, 6) is -1.29. The van der Waals surface area contributed by atoms with Crippen LogP contribution in [0.5, 0.6) is 5.75 Å². The number of carbonyl (C=O) groups is 1. The van der Waals surface area contributed by atoms with E-state index in [0.29, 0.717) is 6.54 Å². The lowest BCUT2D eigenvalue weighted by atomic mass is 10.1. The number of rotatable bonds is 6. The Morgan fingerprint density at radius 1 is 1.39 bits per heavy atom. The quantitative estimate of drug-likeness (QED) is 0.814. The van der Waals surface area contributed by atoms with E-state index in [1.54, 1.807) is 0 Å². The molecule has 0 aliphatic heterocycles. The first kappa shape index (κ1) is 14.4. The van der Waals surface area contributed by atoms with E-state index in [-0.39, 0.29) is 24.5 Å². The van der Waals surface area contributed by atoms with Gasteiger partial charge in [-0.25, -0.2) is 4.39 Å². The van der Waals surface area contributed by atoms with Crippen molar-refractivity contribution in [2.24, 2.45) is 0 Å². The number of unbranched alkanes of at least 4 members (excludes halogenated alkanes) is 1. The van der Waals surface area contributed by atoms with Crippen LogP contribution in [0.15, 0.2) is 18.2 Å². The standard InChI is InChI=1S/C13H18FNO3/c1-2-3-6-15(7-8-16)13(18)11-9-10(14)4-5-12(11)17/h4-5,9,16-17H,2-3,6-8H2,1H3. The molecule has 0 unspecified atom stereocenters. The van der Waals surface area contributed by atoms with E-state index in [4.69, 9.17) is 5.11 Å². The molecule has 0 aliphatic carbocycles.